The van der Waals surface area contributed by atoms with Gasteiger partial charge < -0.3 is 5.32 Å². The second kappa shape index (κ2) is 5.69. The van der Waals surface area contributed by atoms with E-state index in [2.05, 4.69) is 17.3 Å². The minimum absolute atomic E-state index is 0.408. The van der Waals surface area contributed by atoms with Crippen molar-refractivity contribution in [1.82, 2.24) is 15.1 Å². The van der Waals surface area contributed by atoms with Crippen LogP contribution in [0.4, 0.5) is 0 Å². The minimum atomic E-state index is 0.408. The lowest BCUT2D eigenvalue weighted by molar-refractivity contribution is 0.270. The highest BCUT2D eigenvalue weighted by Crippen LogP contribution is 2.42. The predicted molar refractivity (Wildman–Crippen MR) is 83.2 cm³/mol. The zero-order chi connectivity index (χ0) is 14.2. The second-order valence-electron chi connectivity index (χ2n) is 6.72. The summed E-state index contributed by atoms with van der Waals surface area (Å²) >= 11 is 6.54. The average molecular weight is 296 g/mol. The van der Waals surface area contributed by atoms with Gasteiger partial charge in [-0.1, -0.05) is 31.4 Å². The molecule has 3 rings (SSSR count). The Hall–Kier alpha value is -0.540. The SMILES string of the molecule is CCc1nn(C)c(CC2(CNC3CC3)CCCC2)c1Cl. The fourth-order valence-electron chi connectivity index (χ4n) is 3.56. The smallest absolute Gasteiger partial charge is 0.0849 e. The molecule has 0 spiro atoms. The van der Waals surface area contributed by atoms with E-state index < -0.39 is 0 Å². The van der Waals surface area contributed by atoms with Crippen LogP contribution in [0.15, 0.2) is 0 Å². The lowest BCUT2D eigenvalue weighted by Gasteiger charge is -2.29. The molecule has 2 fully saturated rings. The normalized spacial score (nSPS) is 21.6. The summed E-state index contributed by atoms with van der Waals surface area (Å²) in [4.78, 5) is 0. The number of rotatable bonds is 6. The molecule has 2 aliphatic carbocycles. The van der Waals surface area contributed by atoms with E-state index in [1.807, 2.05) is 11.7 Å². The first-order valence-corrected chi connectivity index (χ1v) is 8.45. The monoisotopic (exact) mass is 295 g/mol. The number of aryl methyl sites for hydroxylation is 2. The van der Waals surface area contributed by atoms with E-state index in [-0.39, 0.29) is 0 Å². The highest BCUT2D eigenvalue weighted by Gasteiger charge is 2.37. The lowest BCUT2D eigenvalue weighted by atomic mass is 9.81. The lowest BCUT2D eigenvalue weighted by Crippen LogP contribution is -2.35. The molecule has 2 aliphatic rings. The number of hydrogen-bond acceptors (Lipinski definition) is 2. The maximum atomic E-state index is 6.54. The van der Waals surface area contributed by atoms with Gasteiger partial charge in [-0.25, -0.2) is 0 Å². The molecule has 1 aromatic rings. The van der Waals surface area contributed by atoms with Crippen LogP contribution >= 0.6 is 11.6 Å². The molecule has 0 radical (unpaired) electrons. The Bertz CT molecular complexity index is 470. The summed E-state index contributed by atoms with van der Waals surface area (Å²) in [7, 11) is 2.04. The van der Waals surface area contributed by atoms with Gasteiger partial charge in [-0.2, -0.15) is 5.10 Å². The highest BCUT2D eigenvalue weighted by molar-refractivity contribution is 6.31. The van der Waals surface area contributed by atoms with Crippen LogP contribution in [0.1, 0.15) is 56.8 Å². The molecule has 0 unspecified atom stereocenters. The van der Waals surface area contributed by atoms with E-state index in [9.17, 15) is 0 Å². The molecule has 20 heavy (non-hydrogen) atoms. The number of nitrogens with one attached hydrogen (secondary N) is 1. The van der Waals surface area contributed by atoms with E-state index >= 15 is 0 Å². The number of hydrogen-bond donors (Lipinski definition) is 1. The summed E-state index contributed by atoms with van der Waals surface area (Å²) in [5, 5.41) is 9.23. The van der Waals surface area contributed by atoms with Crippen LogP contribution in [0.2, 0.25) is 5.02 Å². The molecule has 2 saturated carbocycles. The number of halogens is 1. The van der Waals surface area contributed by atoms with Gasteiger partial charge in [0, 0.05) is 19.6 Å². The van der Waals surface area contributed by atoms with Crippen molar-refractivity contribution in [3.05, 3.63) is 16.4 Å². The summed E-state index contributed by atoms with van der Waals surface area (Å²) in [6.07, 6.45) is 10.1. The van der Waals surface area contributed by atoms with Crippen LogP contribution in [0.3, 0.4) is 0 Å². The standard InChI is InChI=1S/C16H26ClN3/c1-3-13-15(17)14(20(2)19-13)10-16(8-4-5-9-16)11-18-12-6-7-12/h12,18H,3-11H2,1-2H3. The fraction of sp³-hybridized carbons (Fsp3) is 0.812. The van der Waals surface area contributed by atoms with Crippen LogP contribution in [0.5, 0.6) is 0 Å². The average Bonchev–Trinajstić information content (AvgIpc) is 3.11. The third-order valence-corrected chi connectivity index (χ3v) is 5.49. The zero-order valence-corrected chi connectivity index (χ0v) is 13.5. The number of nitrogens with zero attached hydrogens (tertiary/aromatic N) is 2. The quantitative estimate of drug-likeness (QED) is 0.870. The Kier molecular flexibility index (Phi) is 4.09. The van der Waals surface area contributed by atoms with E-state index in [0.717, 1.165) is 36.1 Å². The van der Waals surface area contributed by atoms with Crippen molar-refractivity contribution in [2.45, 2.75) is 64.3 Å². The summed E-state index contributed by atoms with van der Waals surface area (Å²) in [6, 6.07) is 0.792. The Morgan fingerprint density at radius 3 is 2.60 bits per heavy atom. The molecule has 1 heterocycles. The Morgan fingerprint density at radius 2 is 2.05 bits per heavy atom. The van der Waals surface area contributed by atoms with Gasteiger partial charge in [-0.05, 0) is 43.9 Å². The maximum Gasteiger partial charge on any atom is 0.0849 e. The van der Waals surface area contributed by atoms with Crippen molar-refractivity contribution >= 4 is 11.6 Å². The maximum absolute atomic E-state index is 6.54. The zero-order valence-electron chi connectivity index (χ0n) is 12.7. The molecule has 0 atom stereocenters. The summed E-state index contributed by atoms with van der Waals surface area (Å²) in [6.45, 7) is 3.28. The predicted octanol–water partition coefficient (Wildman–Crippen LogP) is 3.49. The summed E-state index contributed by atoms with van der Waals surface area (Å²) < 4.78 is 2.01. The van der Waals surface area contributed by atoms with Crippen LogP contribution in [0, 0.1) is 5.41 Å². The summed E-state index contributed by atoms with van der Waals surface area (Å²) in [5.74, 6) is 0. The van der Waals surface area contributed by atoms with E-state index in [0.29, 0.717) is 5.41 Å². The minimum Gasteiger partial charge on any atom is -0.313 e. The molecular formula is C16H26ClN3. The van der Waals surface area contributed by atoms with Crippen molar-refractivity contribution in [3.63, 3.8) is 0 Å². The molecule has 0 amide bonds. The van der Waals surface area contributed by atoms with Crippen molar-refractivity contribution in [3.8, 4) is 0 Å². The van der Waals surface area contributed by atoms with Crippen molar-refractivity contribution in [2.75, 3.05) is 6.54 Å². The molecule has 0 saturated heterocycles. The van der Waals surface area contributed by atoms with Gasteiger partial charge in [0.1, 0.15) is 0 Å². The molecule has 112 valence electrons. The van der Waals surface area contributed by atoms with Crippen molar-refractivity contribution < 1.29 is 0 Å². The first kappa shape index (κ1) is 14.4. The van der Waals surface area contributed by atoms with E-state index in [1.165, 1.54) is 44.2 Å². The van der Waals surface area contributed by atoms with Gasteiger partial charge in [-0.15, -0.1) is 0 Å². The second-order valence-corrected chi connectivity index (χ2v) is 7.10. The van der Waals surface area contributed by atoms with Gasteiger partial charge in [0.05, 0.1) is 16.4 Å². The third-order valence-electron chi connectivity index (χ3n) is 5.05. The van der Waals surface area contributed by atoms with Crippen molar-refractivity contribution in [2.24, 2.45) is 12.5 Å². The van der Waals surface area contributed by atoms with Gasteiger partial charge in [0.15, 0.2) is 0 Å². The molecule has 1 aromatic heterocycles. The molecule has 3 nitrogen and oxygen atoms in total. The highest BCUT2D eigenvalue weighted by atomic mass is 35.5. The van der Waals surface area contributed by atoms with Gasteiger partial charge in [-0.3, -0.25) is 4.68 Å². The topological polar surface area (TPSA) is 29.9 Å². The van der Waals surface area contributed by atoms with Crippen molar-refractivity contribution in [1.29, 1.82) is 0 Å². The van der Waals surface area contributed by atoms with E-state index in [4.69, 9.17) is 11.6 Å². The number of aromatic nitrogens is 2. The Morgan fingerprint density at radius 1 is 1.35 bits per heavy atom. The first-order chi connectivity index (χ1) is 9.63. The molecule has 0 aliphatic heterocycles. The van der Waals surface area contributed by atoms with Gasteiger partial charge in [0.2, 0.25) is 0 Å². The molecule has 4 heteroatoms. The first-order valence-electron chi connectivity index (χ1n) is 8.07. The van der Waals surface area contributed by atoms with Crippen LogP contribution < -0.4 is 5.32 Å². The Labute approximate surface area is 127 Å². The fourth-order valence-corrected chi connectivity index (χ4v) is 3.92. The molecule has 0 aromatic carbocycles. The van der Waals surface area contributed by atoms with E-state index in [1.54, 1.807) is 0 Å². The van der Waals surface area contributed by atoms with Gasteiger partial charge in [0.25, 0.3) is 0 Å². The molecule has 0 bridgehead atoms. The van der Waals surface area contributed by atoms with Crippen LogP contribution in [-0.2, 0) is 19.9 Å². The Balaban J connectivity index is 1.76. The molecule has 1 N–H and O–H groups in total. The third kappa shape index (κ3) is 2.89. The van der Waals surface area contributed by atoms with Crippen LogP contribution in [0.25, 0.3) is 0 Å². The molecular weight excluding hydrogens is 270 g/mol. The largest absolute Gasteiger partial charge is 0.313 e. The summed E-state index contributed by atoms with van der Waals surface area (Å²) in [5.41, 5.74) is 2.70. The van der Waals surface area contributed by atoms with Gasteiger partial charge >= 0.3 is 0 Å². The van der Waals surface area contributed by atoms with Crippen LogP contribution in [-0.4, -0.2) is 22.4 Å².